The second kappa shape index (κ2) is 15.2. The molecule has 0 bridgehead atoms. The molecule has 1 heterocycles. The van der Waals surface area contributed by atoms with Crippen molar-refractivity contribution in [1.29, 1.82) is 0 Å². The van der Waals surface area contributed by atoms with Gasteiger partial charge in [0.15, 0.2) is 0 Å². The Morgan fingerprint density at radius 2 is 1.34 bits per heavy atom. The van der Waals surface area contributed by atoms with E-state index < -0.39 is 0 Å². The molecule has 3 rings (SSSR count). The highest BCUT2D eigenvalue weighted by molar-refractivity contribution is 5.30. The van der Waals surface area contributed by atoms with Crippen LogP contribution in [0.4, 0.5) is 0 Å². The molecule has 32 heavy (non-hydrogen) atoms. The molecule has 176 valence electrons. The minimum atomic E-state index is -0.0206. The van der Waals surface area contributed by atoms with Crippen molar-refractivity contribution in [1.82, 2.24) is 0 Å². The smallest absolute Gasteiger partial charge is 0.108 e. The Bertz CT molecular complexity index is 659. The van der Waals surface area contributed by atoms with Crippen LogP contribution in [0, 0.1) is 0 Å². The summed E-state index contributed by atoms with van der Waals surface area (Å²) in [5.41, 5.74) is 2.45. The number of benzene rings is 2. The first kappa shape index (κ1) is 25.0. The first-order valence-electron chi connectivity index (χ1n) is 12.8. The number of hydrogen-bond acceptors (Lipinski definition) is 3. The molecule has 2 atom stereocenters. The Hall–Kier alpha value is -1.68. The summed E-state index contributed by atoms with van der Waals surface area (Å²) in [6.45, 7) is 4.66. The van der Waals surface area contributed by atoms with Gasteiger partial charge in [-0.1, -0.05) is 113 Å². The first-order valence-corrected chi connectivity index (χ1v) is 12.8. The van der Waals surface area contributed by atoms with Gasteiger partial charge in [-0.3, -0.25) is 0 Å². The highest BCUT2D eigenvalue weighted by Gasteiger charge is 2.23. The second-order valence-electron chi connectivity index (χ2n) is 9.04. The summed E-state index contributed by atoms with van der Waals surface area (Å²) in [5, 5.41) is 0. The van der Waals surface area contributed by atoms with Crippen LogP contribution in [0.2, 0.25) is 0 Å². The zero-order valence-electron chi connectivity index (χ0n) is 19.9. The molecule has 1 aliphatic rings. The molecule has 0 aliphatic carbocycles. The van der Waals surface area contributed by atoms with E-state index in [0.29, 0.717) is 6.10 Å². The van der Waals surface area contributed by atoms with Crippen molar-refractivity contribution in [3.8, 4) is 0 Å². The Labute approximate surface area is 195 Å². The summed E-state index contributed by atoms with van der Waals surface area (Å²) in [4.78, 5) is 0. The fourth-order valence-electron chi connectivity index (χ4n) is 4.20. The standard InChI is InChI=1S/C29H42O3/c1-2-3-4-5-6-7-14-20-27(21-15-22-30-23-28-24-31-28)32-29(25-16-10-8-11-17-25)26-18-12-9-13-19-26/h8-13,16-19,27-29H,2-7,14-15,20-24H2,1H3. The lowest BCUT2D eigenvalue weighted by atomic mass is 9.99. The summed E-state index contributed by atoms with van der Waals surface area (Å²) >= 11 is 0. The van der Waals surface area contributed by atoms with Gasteiger partial charge >= 0.3 is 0 Å². The van der Waals surface area contributed by atoms with E-state index in [2.05, 4.69) is 67.6 Å². The van der Waals surface area contributed by atoms with Gasteiger partial charge in [0.05, 0.1) is 19.3 Å². The Balaban J connectivity index is 1.54. The summed E-state index contributed by atoms with van der Waals surface area (Å²) in [6, 6.07) is 21.3. The molecule has 1 fully saturated rings. The van der Waals surface area contributed by atoms with Crippen molar-refractivity contribution in [3.05, 3.63) is 71.8 Å². The highest BCUT2D eigenvalue weighted by atomic mass is 16.6. The predicted molar refractivity (Wildman–Crippen MR) is 132 cm³/mol. The average molecular weight is 439 g/mol. The van der Waals surface area contributed by atoms with Gasteiger partial charge in [0.25, 0.3) is 0 Å². The van der Waals surface area contributed by atoms with Crippen LogP contribution in [0.15, 0.2) is 60.7 Å². The molecule has 2 aromatic rings. The van der Waals surface area contributed by atoms with Crippen LogP contribution < -0.4 is 0 Å². The monoisotopic (exact) mass is 438 g/mol. The molecule has 3 nitrogen and oxygen atoms in total. The van der Waals surface area contributed by atoms with Gasteiger partial charge < -0.3 is 14.2 Å². The molecule has 1 aliphatic heterocycles. The van der Waals surface area contributed by atoms with Crippen molar-refractivity contribution in [3.63, 3.8) is 0 Å². The third kappa shape index (κ3) is 9.85. The molecule has 0 aromatic heterocycles. The van der Waals surface area contributed by atoms with E-state index in [4.69, 9.17) is 14.2 Å². The molecule has 0 radical (unpaired) electrons. The molecule has 0 N–H and O–H groups in total. The van der Waals surface area contributed by atoms with E-state index in [9.17, 15) is 0 Å². The minimum absolute atomic E-state index is 0.0206. The third-order valence-electron chi connectivity index (χ3n) is 6.18. The zero-order valence-corrected chi connectivity index (χ0v) is 19.9. The number of hydrogen-bond donors (Lipinski definition) is 0. The van der Waals surface area contributed by atoms with Crippen molar-refractivity contribution in [2.45, 2.75) is 89.4 Å². The minimum Gasteiger partial charge on any atom is -0.379 e. The van der Waals surface area contributed by atoms with E-state index in [-0.39, 0.29) is 12.2 Å². The van der Waals surface area contributed by atoms with Crippen molar-refractivity contribution in [2.75, 3.05) is 19.8 Å². The Morgan fingerprint density at radius 1 is 0.781 bits per heavy atom. The van der Waals surface area contributed by atoms with E-state index >= 15 is 0 Å². The molecule has 0 saturated carbocycles. The van der Waals surface area contributed by atoms with E-state index in [0.717, 1.165) is 39.1 Å². The molecular weight excluding hydrogens is 396 g/mol. The summed E-state index contributed by atoms with van der Waals surface area (Å²) < 4.78 is 17.8. The molecule has 0 spiro atoms. The molecule has 2 aromatic carbocycles. The van der Waals surface area contributed by atoms with Crippen LogP contribution in [-0.2, 0) is 14.2 Å². The largest absolute Gasteiger partial charge is 0.379 e. The number of epoxide rings is 1. The van der Waals surface area contributed by atoms with Crippen molar-refractivity contribution < 1.29 is 14.2 Å². The normalized spacial score (nSPS) is 16.4. The average Bonchev–Trinajstić information content (AvgIpc) is 3.67. The van der Waals surface area contributed by atoms with Crippen LogP contribution in [0.3, 0.4) is 0 Å². The summed E-state index contributed by atoms with van der Waals surface area (Å²) in [7, 11) is 0. The van der Waals surface area contributed by atoms with E-state index in [1.165, 1.54) is 56.1 Å². The quantitative estimate of drug-likeness (QED) is 0.178. The second-order valence-corrected chi connectivity index (χ2v) is 9.04. The van der Waals surface area contributed by atoms with Crippen molar-refractivity contribution in [2.24, 2.45) is 0 Å². The number of unbranched alkanes of at least 4 members (excludes halogenated alkanes) is 6. The molecule has 3 heteroatoms. The number of rotatable bonds is 18. The van der Waals surface area contributed by atoms with Gasteiger partial charge in [-0.15, -0.1) is 0 Å². The van der Waals surface area contributed by atoms with Crippen LogP contribution >= 0.6 is 0 Å². The summed E-state index contributed by atoms with van der Waals surface area (Å²) in [6.07, 6.45) is 13.1. The van der Waals surface area contributed by atoms with Gasteiger partial charge in [0.2, 0.25) is 0 Å². The maximum Gasteiger partial charge on any atom is 0.108 e. The lowest BCUT2D eigenvalue weighted by Crippen LogP contribution is -2.19. The maximum absolute atomic E-state index is 6.83. The molecule has 2 unspecified atom stereocenters. The summed E-state index contributed by atoms with van der Waals surface area (Å²) in [5.74, 6) is 0. The van der Waals surface area contributed by atoms with Crippen LogP contribution in [0.1, 0.15) is 88.4 Å². The Morgan fingerprint density at radius 3 is 1.94 bits per heavy atom. The SMILES string of the molecule is CCCCCCCCCC(CCCOCC1CO1)OC(c1ccccc1)c1ccccc1. The maximum atomic E-state index is 6.83. The van der Waals surface area contributed by atoms with Gasteiger partial charge in [0, 0.05) is 6.61 Å². The predicted octanol–water partition coefficient (Wildman–Crippen LogP) is 7.50. The lowest BCUT2D eigenvalue weighted by molar-refractivity contribution is -0.00851. The molecule has 1 saturated heterocycles. The van der Waals surface area contributed by atoms with Crippen molar-refractivity contribution >= 4 is 0 Å². The third-order valence-corrected chi connectivity index (χ3v) is 6.18. The van der Waals surface area contributed by atoms with Gasteiger partial charge in [-0.05, 0) is 30.4 Å². The molecular formula is C29H42O3. The van der Waals surface area contributed by atoms with E-state index in [1.54, 1.807) is 0 Å². The fraction of sp³-hybridized carbons (Fsp3) is 0.586. The first-order chi connectivity index (χ1) is 15.9. The lowest BCUT2D eigenvalue weighted by Gasteiger charge is -2.26. The van der Waals surface area contributed by atoms with Crippen LogP contribution in [0.5, 0.6) is 0 Å². The topological polar surface area (TPSA) is 31.0 Å². The molecule has 0 amide bonds. The fourth-order valence-corrected chi connectivity index (χ4v) is 4.20. The van der Waals surface area contributed by atoms with E-state index in [1.807, 2.05) is 0 Å². The zero-order chi connectivity index (χ0) is 22.3. The van der Waals surface area contributed by atoms with Gasteiger partial charge in [-0.2, -0.15) is 0 Å². The van der Waals surface area contributed by atoms with Gasteiger partial charge in [0.1, 0.15) is 12.2 Å². The highest BCUT2D eigenvalue weighted by Crippen LogP contribution is 2.30. The van der Waals surface area contributed by atoms with Crippen LogP contribution in [-0.4, -0.2) is 32.0 Å². The Kier molecular flexibility index (Phi) is 11.9. The van der Waals surface area contributed by atoms with Crippen LogP contribution in [0.25, 0.3) is 0 Å². The number of ether oxygens (including phenoxy) is 3. The van der Waals surface area contributed by atoms with Gasteiger partial charge in [-0.25, -0.2) is 0 Å².